The highest BCUT2D eigenvalue weighted by molar-refractivity contribution is 14.0. The lowest BCUT2D eigenvalue weighted by Crippen LogP contribution is -2.41. The number of carbonyl (C=O) groups is 1. The molecular formula is C22H31IN4O3. The minimum atomic E-state index is -0.127. The van der Waals surface area contributed by atoms with Crippen molar-refractivity contribution in [2.24, 2.45) is 10.9 Å². The van der Waals surface area contributed by atoms with Crippen LogP contribution in [0.3, 0.4) is 0 Å². The van der Waals surface area contributed by atoms with E-state index in [0.717, 1.165) is 50.0 Å². The van der Waals surface area contributed by atoms with E-state index in [0.29, 0.717) is 24.6 Å². The third-order valence-corrected chi connectivity index (χ3v) is 4.86. The number of nitrogens with zero attached hydrogens (tertiary/aromatic N) is 2. The van der Waals surface area contributed by atoms with Crippen LogP contribution in [0.2, 0.25) is 0 Å². The molecule has 1 aliphatic rings. The number of carbonyl (C=O) groups excluding carboxylic acids is 1. The smallest absolute Gasteiger partial charge is 0.251 e. The predicted molar refractivity (Wildman–Crippen MR) is 128 cm³/mol. The van der Waals surface area contributed by atoms with Crippen molar-refractivity contribution in [3.05, 3.63) is 59.5 Å². The average molecular weight is 526 g/mol. The maximum Gasteiger partial charge on any atom is 0.251 e. The molecule has 1 unspecified atom stereocenters. The quantitative estimate of drug-likeness (QED) is 0.314. The van der Waals surface area contributed by atoms with Crippen molar-refractivity contribution >= 4 is 35.8 Å². The van der Waals surface area contributed by atoms with Gasteiger partial charge in [-0.3, -0.25) is 4.79 Å². The van der Waals surface area contributed by atoms with Crippen LogP contribution < -0.4 is 10.6 Å². The molecule has 0 saturated carbocycles. The van der Waals surface area contributed by atoms with E-state index in [1.165, 1.54) is 0 Å². The number of rotatable bonds is 8. The zero-order valence-corrected chi connectivity index (χ0v) is 19.9. The van der Waals surface area contributed by atoms with Crippen molar-refractivity contribution in [1.82, 2.24) is 15.5 Å². The van der Waals surface area contributed by atoms with Crippen LogP contribution in [0.4, 0.5) is 0 Å². The lowest BCUT2D eigenvalue weighted by Gasteiger charge is -2.24. The highest BCUT2D eigenvalue weighted by atomic mass is 127. The summed E-state index contributed by atoms with van der Waals surface area (Å²) in [6.07, 6.45) is 2.69. The monoisotopic (exact) mass is 526 g/mol. The molecule has 2 aromatic rings. The number of aliphatic imine (C=N–C) groups is 1. The molecule has 1 aromatic carbocycles. The number of ether oxygens (including phenoxy) is 1. The van der Waals surface area contributed by atoms with E-state index in [2.05, 4.69) is 29.5 Å². The molecule has 1 amide bonds. The third kappa shape index (κ3) is 7.32. The van der Waals surface area contributed by atoms with E-state index in [1.54, 1.807) is 12.3 Å². The van der Waals surface area contributed by atoms with Gasteiger partial charge in [-0.1, -0.05) is 12.1 Å². The van der Waals surface area contributed by atoms with Crippen molar-refractivity contribution in [2.75, 3.05) is 33.4 Å². The number of nitrogens with one attached hydrogen (secondary N) is 2. The fourth-order valence-electron chi connectivity index (χ4n) is 3.33. The van der Waals surface area contributed by atoms with Crippen LogP contribution in [0, 0.1) is 5.92 Å². The number of furan rings is 1. The van der Waals surface area contributed by atoms with Crippen molar-refractivity contribution in [3.8, 4) is 0 Å². The lowest BCUT2D eigenvalue weighted by atomic mass is 10.1. The first-order valence-corrected chi connectivity index (χ1v) is 10.1. The standard InChI is InChI=1S/C22H30N4O3.HI/c1-3-23-22(26(2)15-18-9-11-28-16-18)25-13-17-6-4-7-19(12-17)21(27)24-14-20-8-5-10-29-20;/h4-8,10,12,18H,3,9,11,13-16H2,1-2H3,(H,23,25)(H,24,27);1H. The maximum absolute atomic E-state index is 12.4. The van der Waals surface area contributed by atoms with Gasteiger partial charge in [0, 0.05) is 38.2 Å². The summed E-state index contributed by atoms with van der Waals surface area (Å²) in [6, 6.07) is 11.2. The molecule has 7 nitrogen and oxygen atoms in total. The van der Waals surface area contributed by atoms with Gasteiger partial charge < -0.3 is 24.7 Å². The summed E-state index contributed by atoms with van der Waals surface area (Å²) in [5.74, 6) is 2.01. The van der Waals surface area contributed by atoms with Gasteiger partial charge in [0.25, 0.3) is 5.91 Å². The number of amides is 1. The van der Waals surface area contributed by atoms with Crippen LogP contribution >= 0.6 is 24.0 Å². The molecule has 164 valence electrons. The largest absolute Gasteiger partial charge is 0.467 e. The molecule has 2 N–H and O–H groups in total. The first kappa shape index (κ1) is 24.2. The summed E-state index contributed by atoms with van der Waals surface area (Å²) >= 11 is 0. The lowest BCUT2D eigenvalue weighted by molar-refractivity contribution is 0.0948. The number of benzene rings is 1. The van der Waals surface area contributed by atoms with Gasteiger partial charge in [0.15, 0.2) is 5.96 Å². The van der Waals surface area contributed by atoms with Gasteiger partial charge in [-0.05, 0) is 43.2 Å². The second kappa shape index (κ2) is 12.6. The first-order chi connectivity index (χ1) is 14.2. The molecule has 1 aromatic heterocycles. The van der Waals surface area contributed by atoms with Crippen molar-refractivity contribution in [3.63, 3.8) is 0 Å². The van der Waals surface area contributed by atoms with Gasteiger partial charge in [0.1, 0.15) is 5.76 Å². The van der Waals surface area contributed by atoms with Gasteiger partial charge >= 0.3 is 0 Å². The number of guanidine groups is 1. The van der Waals surface area contributed by atoms with E-state index < -0.39 is 0 Å². The Morgan fingerprint density at radius 1 is 1.27 bits per heavy atom. The molecule has 3 rings (SSSR count). The average Bonchev–Trinajstić information content (AvgIpc) is 3.43. The minimum absolute atomic E-state index is 0. The Morgan fingerprint density at radius 2 is 2.13 bits per heavy atom. The van der Waals surface area contributed by atoms with E-state index in [9.17, 15) is 4.79 Å². The van der Waals surface area contributed by atoms with Gasteiger partial charge in [0.2, 0.25) is 0 Å². The number of halogens is 1. The molecule has 1 atom stereocenters. The highest BCUT2D eigenvalue weighted by Crippen LogP contribution is 2.14. The molecule has 1 saturated heterocycles. The Morgan fingerprint density at radius 3 is 2.83 bits per heavy atom. The van der Waals surface area contributed by atoms with Crippen molar-refractivity contribution in [1.29, 1.82) is 0 Å². The zero-order chi connectivity index (χ0) is 20.5. The molecule has 30 heavy (non-hydrogen) atoms. The fourth-order valence-corrected chi connectivity index (χ4v) is 3.33. The summed E-state index contributed by atoms with van der Waals surface area (Å²) < 4.78 is 10.7. The minimum Gasteiger partial charge on any atom is -0.467 e. The van der Waals surface area contributed by atoms with Gasteiger partial charge in [-0.15, -0.1) is 24.0 Å². The second-order valence-electron chi connectivity index (χ2n) is 7.24. The SMILES string of the molecule is CCNC(=NCc1cccc(C(=O)NCc2ccco2)c1)N(C)CC1CCOC1.I. The van der Waals surface area contributed by atoms with Gasteiger partial charge in [-0.2, -0.15) is 0 Å². The summed E-state index contributed by atoms with van der Waals surface area (Å²) in [7, 11) is 2.05. The van der Waals surface area contributed by atoms with Crippen LogP contribution in [-0.2, 0) is 17.8 Å². The van der Waals surface area contributed by atoms with E-state index in [1.807, 2.05) is 30.3 Å². The van der Waals surface area contributed by atoms with E-state index >= 15 is 0 Å². The number of hydrogen-bond donors (Lipinski definition) is 2. The molecule has 1 aliphatic heterocycles. The molecule has 1 fully saturated rings. The van der Waals surface area contributed by atoms with Crippen LogP contribution in [0.1, 0.15) is 35.0 Å². The predicted octanol–water partition coefficient (Wildman–Crippen LogP) is 3.26. The number of hydrogen-bond acceptors (Lipinski definition) is 4. The Hall–Kier alpha value is -2.07. The van der Waals surface area contributed by atoms with Crippen LogP contribution in [0.5, 0.6) is 0 Å². The van der Waals surface area contributed by atoms with E-state index in [4.69, 9.17) is 14.1 Å². The fraction of sp³-hybridized carbons (Fsp3) is 0.455. The topological polar surface area (TPSA) is 79.1 Å². The van der Waals surface area contributed by atoms with Gasteiger partial charge in [-0.25, -0.2) is 4.99 Å². The molecular weight excluding hydrogens is 495 g/mol. The molecule has 2 heterocycles. The Labute approximate surface area is 195 Å². The Balaban J connectivity index is 0.00000320. The summed E-state index contributed by atoms with van der Waals surface area (Å²) in [4.78, 5) is 19.3. The van der Waals surface area contributed by atoms with Gasteiger partial charge in [0.05, 0.1) is 26.0 Å². The molecule has 0 radical (unpaired) electrons. The summed E-state index contributed by atoms with van der Waals surface area (Å²) in [6.45, 7) is 6.33. The van der Waals surface area contributed by atoms with E-state index in [-0.39, 0.29) is 29.9 Å². The highest BCUT2D eigenvalue weighted by Gasteiger charge is 2.19. The second-order valence-corrected chi connectivity index (χ2v) is 7.24. The summed E-state index contributed by atoms with van der Waals surface area (Å²) in [5.41, 5.74) is 1.61. The van der Waals surface area contributed by atoms with Crippen LogP contribution in [-0.4, -0.2) is 50.1 Å². The molecule has 8 heteroatoms. The first-order valence-electron chi connectivity index (χ1n) is 10.1. The Kier molecular flexibility index (Phi) is 10.2. The van der Waals surface area contributed by atoms with Crippen LogP contribution in [0.25, 0.3) is 0 Å². The Bertz CT molecular complexity index is 804. The van der Waals surface area contributed by atoms with Crippen molar-refractivity contribution < 1.29 is 13.9 Å². The maximum atomic E-state index is 12.4. The van der Waals surface area contributed by atoms with Crippen LogP contribution in [0.15, 0.2) is 52.1 Å². The van der Waals surface area contributed by atoms with Crippen molar-refractivity contribution in [2.45, 2.75) is 26.4 Å². The third-order valence-electron chi connectivity index (χ3n) is 4.86. The molecule has 0 bridgehead atoms. The molecule has 0 aliphatic carbocycles. The zero-order valence-electron chi connectivity index (χ0n) is 17.6. The summed E-state index contributed by atoms with van der Waals surface area (Å²) in [5, 5.41) is 6.22. The normalized spacial score (nSPS) is 16.1. The molecule has 0 spiro atoms.